The normalized spacial score (nSPS) is 11.2. The number of anilines is 1. The molecule has 0 aromatic heterocycles. The average molecular weight is 355 g/mol. The Morgan fingerprint density at radius 1 is 1.04 bits per heavy atom. The van der Waals surface area contributed by atoms with Crippen molar-refractivity contribution < 1.29 is 19.0 Å². The maximum atomic E-state index is 13.0. The van der Waals surface area contributed by atoms with Crippen molar-refractivity contribution in [2.24, 2.45) is 0 Å². The lowest BCUT2D eigenvalue weighted by Crippen LogP contribution is -2.06. The van der Waals surface area contributed by atoms with Gasteiger partial charge in [-0.2, -0.15) is 0 Å². The molecule has 0 aliphatic heterocycles. The lowest BCUT2D eigenvalue weighted by molar-refractivity contribution is 0.102. The molecule has 0 saturated heterocycles. The van der Waals surface area contributed by atoms with Crippen LogP contribution in [0.2, 0.25) is 0 Å². The molecule has 0 unspecified atom stereocenters. The standard InChI is InChI=1S/C21H25NO4/c1-5-15(11-14-7-9-18(22)20(12-14)26-6-2)21(23)17-13-16(24-3)8-10-19(17)25-4/h7-13H,5-6,22H2,1-4H3. The minimum Gasteiger partial charge on any atom is -0.497 e. The van der Waals surface area contributed by atoms with Gasteiger partial charge >= 0.3 is 0 Å². The predicted octanol–water partition coefficient (Wildman–Crippen LogP) is 4.36. The van der Waals surface area contributed by atoms with E-state index in [-0.39, 0.29) is 5.78 Å². The zero-order valence-corrected chi connectivity index (χ0v) is 15.7. The van der Waals surface area contributed by atoms with Crippen molar-refractivity contribution in [2.75, 3.05) is 26.6 Å². The summed E-state index contributed by atoms with van der Waals surface area (Å²) in [6, 6.07) is 10.7. The van der Waals surface area contributed by atoms with Crippen LogP contribution in [-0.2, 0) is 0 Å². The van der Waals surface area contributed by atoms with Gasteiger partial charge in [-0.3, -0.25) is 4.79 Å². The summed E-state index contributed by atoms with van der Waals surface area (Å²) < 4.78 is 16.1. The van der Waals surface area contributed by atoms with E-state index in [1.165, 1.54) is 0 Å². The second-order valence-corrected chi connectivity index (χ2v) is 5.65. The van der Waals surface area contributed by atoms with E-state index in [1.807, 2.05) is 32.1 Å². The first-order chi connectivity index (χ1) is 12.5. The van der Waals surface area contributed by atoms with Gasteiger partial charge in [-0.05, 0) is 55.3 Å². The molecule has 5 nitrogen and oxygen atoms in total. The summed E-state index contributed by atoms with van der Waals surface area (Å²) >= 11 is 0. The van der Waals surface area contributed by atoms with Gasteiger partial charge < -0.3 is 19.9 Å². The Kier molecular flexibility index (Phi) is 6.67. The molecular formula is C21H25NO4. The summed E-state index contributed by atoms with van der Waals surface area (Å²) in [6.45, 7) is 4.37. The first-order valence-corrected chi connectivity index (χ1v) is 8.53. The summed E-state index contributed by atoms with van der Waals surface area (Å²) in [5.41, 5.74) is 8.47. The van der Waals surface area contributed by atoms with Crippen molar-refractivity contribution in [3.8, 4) is 17.2 Å². The highest BCUT2D eigenvalue weighted by Gasteiger charge is 2.17. The average Bonchev–Trinajstić information content (AvgIpc) is 2.67. The first kappa shape index (κ1) is 19.4. The van der Waals surface area contributed by atoms with Crippen LogP contribution in [-0.4, -0.2) is 26.6 Å². The molecule has 0 spiro atoms. The Balaban J connectivity index is 2.43. The predicted molar refractivity (Wildman–Crippen MR) is 104 cm³/mol. The van der Waals surface area contributed by atoms with Crippen LogP contribution in [0.5, 0.6) is 17.2 Å². The van der Waals surface area contributed by atoms with Gasteiger partial charge in [-0.25, -0.2) is 0 Å². The molecule has 0 aliphatic rings. The SMILES string of the molecule is CCOc1cc(C=C(CC)C(=O)c2cc(OC)ccc2OC)ccc1N. The summed E-state index contributed by atoms with van der Waals surface area (Å²) in [5.74, 6) is 1.64. The summed E-state index contributed by atoms with van der Waals surface area (Å²) in [7, 11) is 3.11. The van der Waals surface area contributed by atoms with Gasteiger partial charge in [0.25, 0.3) is 0 Å². The van der Waals surface area contributed by atoms with Gasteiger partial charge in [-0.15, -0.1) is 0 Å². The number of nitrogen functional groups attached to an aromatic ring is 1. The number of allylic oxidation sites excluding steroid dienone is 1. The third-order valence-electron chi connectivity index (χ3n) is 4.00. The van der Waals surface area contributed by atoms with Crippen LogP contribution in [0.3, 0.4) is 0 Å². The molecule has 0 bridgehead atoms. The monoisotopic (exact) mass is 355 g/mol. The fourth-order valence-corrected chi connectivity index (χ4v) is 2.62. The van der Waals surface area contributed by atoms with Crippen LogP contribution in [0, 0.1) is 0 Å². The zero-order valence-electron chi connectivity index (χ0n) is 15.7. The van der Waals surface area contributed by atoms with Gasteiger partial charge in [0.1, 0.15) is 17.2 Å². The van der Waals surface area contributed by atoms with Crippen molar-refractivity contribution in [1.82, 2.24) is 0 Å². The Hall–Kier alpha value is -2.95. The molecule has 5 heteroatoms. The topological polar surface area (TPSA) is 70.8 Å². The minimum atomic E-state index is -0.0990. The number of benzene rings is 2. The molecular weight excluding hydrogens is 330 g/mol. The van der Waals surface area contributed by atoms with Gasteiger partial charge in [0.2, 0.25) is 0 Å². The summed E-state index contributed by atoms with van der Waals surface area (Å²) in [4.78, 5) is 13.0. The van der Waals surface area contributed by atoms with E-state index in [1.54, 1.807) is 38.5 Å². The van der Waals surface area contributed by atoms with Crippen LogP contribution in [0.25, 0.3) is 6.08 Å². The summed E-state index contributed by atoms with van der Waals surface area (Å²) in [6.07, 6.45) is 2.43. The molecule has 26 heavy (non-hydrogen) atoms. The Morgan fingerprint density at radius 3 is 2.42 bits per heavy atom. The molecule has 2 N–H and O–H groups in total. The number of Topliss-reactive ketones (excluding diaryl/α,β-unsaturated/α-hetero) is 1. The van der Waals surface area contributed by atoms with Crippen molar-refractivity contribution in [3.63, 3.8) is 0 Å². The lowest BCUT2D eigenvalue weighted by atomic mass is 9.98. The zero-order chi connectivity index (χ0) is 19.1. The van der Waals surface area contributed by atoms with Crippen LogP contribution in [0.4, 0.5) is 5.69 Å². The molecule has 0 atom stereocenters. The fraction of sp³-hybridized carbons (Fsp3) is 0.286. The van der Waals surface area contributed by atoms with E-state index in [2.05, 4.69) is 0 Å². The molecule has 0 heterocycles. The van der Waals surface area contributed by atoms with Crippen LogP contribution in [0.15, 0.2) is 42.0 Å². The van der Waals surface area contributed by atoms with Crippen molar-refractivity contribution in [1.29, 1.82) is 0 Å². The number of nitrogens with two attached hydrogens (primary N) is 1. The fourth-order valence-electron chi connectivity index (χ4n) is 2.62. The molecule has 138 valence electrons. The van der Waals surface area contributed by atoms with Gasteiger partial charge in [0, 0.05) is 5.57 Å². The third-order valence-corrected chi connectivity index (χ3v) is 4.00. The number of ketones is 1. The first-order valence-electron chi connectivity index (χ1n) is 8.53. The van der Waals surface area contributed by atoms with E-state index in [0.29, 0.717) is 47.1 Å². The number of hydrogen-bond donors (Lipinski definition) is 1. The van der Waals surface area contributed by atoms with E-state index >= 15 is 0 Å². The molecule has 0 aliphatic carbocycles. The van der Waals surface area contributed by atoms with E-state index < -0.39 is 0 Å². The Bertz CT molecular complexity index is 812. The lowest BCUT2D eigenvalue weighted by Gasteiger charge is -2.12. The Labute approximate surface area is 154 Å². The number of rotatable bonds is 8. The maximum Gasteiger partial charge on any atom is 0.192 e. The Morgan fingerprint density at radius 2 is 1.81 bits per heavy atom. The number of carbonyl (C=O) groups excluding carboxylic acids is 1. The van der Waals surface area contributed by atoms with Crippen molar-refractivity contribution >= 4 is 17.5 Å². The number of hydrogen-bond acceptors (Lipinski definition) is 5. The van der Waals surface area contributed by atoms with E-state index in [4.69, 9.17) is 19.9 Å². The van der Waals surface area contributed by atoms with E-state index in [9.17, 15) is 4.79 Å². The number of methoxy groups -OCH3 is 2. The minimum absolute atomic E-state index is 0.0990. The number of carbonyl (C=O) groups is 1. The highest BCUT2D eigenvalue weighted by Crippen LogP contribution is 2.29. The van der Waals surface area contributed by atoms with Gasteiger partial charge in [0.05, 0.1) is 32.1 Å². The molecule has 0 saturated carbocycles. The quantitative estimate of drug-likeness (QED) is 0.433. The van der Waals surface area contributed by atoms with E-state index in [0.717, 1.165) is 5.56 Å². The smallest absolute Gasteiger partial charge is 0.192 e. The molecule has 0 amide bonds. The van der Waals surface area contributed by atoms with Crippen LogP contribution >= 0.6 is 0 Å². The van der Waals surface area contributed by atoms with Crippen molar-refractivity contribution in [3.05, 3.63) is 53.1 Å². The molecule has 2 aromatic rings. The summed E-state index contributed by atoms with van der Waals surface area (Å²) in [5, 5.41) is 0. The van der Waals surface area contributed by atoms with Gasteiger partial charge in [0.15, 0.2) is 5.78 Å². The second-order valence-electron chi connectivity index (χ2n) is 5.65. The highest BCUT2D eigenvalue weighted by molar-refractivity contribution is 6.13. The largest absolute Gasteiger partial charge is 0.497 e. The molecule has 2 aromatic carbocycles. The van der Waals surface area contributed by atoms with Gasteiger partial charge in [-0.1, -0.05) is 13.0 Å². The second kappa shape index (κ2) is 8.94. The molecule has 0 radical (unpaired) electrons. The van der Waals surface area contributed by atoms with Crippen molar-refractivity contribution in [2.45, 2.75) is 20.3 Å². The van der Waals surface area contributed by atoms with Crippen LogP contribution < -0.4 is 19.9 Å². The highest BCUT2D eigenvalue weighted by atomic mass is 16.5. The van der Waals surface area contributed by atoms with Crippen LogP contribution in [0.1, 0.15) is 36.2 Å². The number of ether oxygens (including phenoxy) is 3. The molecule has 2 rings (SSSR count). The molecule has 0 fully saturated rings. The maximum absolute atomic E-state index is 13.0. The third kappa shape index (κ3) is 4.36.